The minimum Gasteiger partial charge on any atom is -0.478 e. The highest BCUT2D eigenvalue weighted by Gasteiger charge is 2.39. The molecule has 0 aliphatic carbocycles. The molecule has 0 spiro atoms. The molecule has 5 nitrogen and oxygen atoms in total. The molecule has 1 N–H and O–H groups in total. The number of hydrogen-bond donors (Lipinski definition) is 1. The van der Waals surface area contributed by atoms with Gasteiger partial charge < -0.3 is 10.0 Å². The van der Waals surface area contributed by atoms with Crippen molar-refractivity contribution in [2.75, 3.05) is 18.0 Å². The molecule has 0 aromatic carbocycles. The lowest BCUT2D eigenvalue weighted by Gasteiger charge is -2.15. The van der Waals surface area contributed by atoms with E-state index in [9.17, 15) is 13.6 Å². The number of halogens is 2. The first-order chi connectivity index (χ1) is 7.48. The number of aromatic carboxylic acids is 1. The summed E-state index contributed by atoms with van der Waals surface area (Å²) in [5.41, 5.74) is -0.0605. The molecule has 1 aliphatic heterocycles. The Balaban J connectivity index is 2.14. The number of aromatic nitrogens is 2. The fraction of sp³-hybridized carbons (Fsp3) is 0.444. The predicted molar refractivity (Wildman–Crippen MR) is 50.8 cm³/mol. The molecule has 2 rings (SSSR count). The van der Waals surface area contributed by atoms with Crippen LogP contribution in [0.5, 0.6) is 0 Å². The van der Waals surface area contributed by atoms with E-state index in [1.807, 2.05) is 0 Å². The Hall–Kier alpha value is -1.79. The van der Waals surface area contributed by atoms with Crippen molar-refractivity contribution in [1.82, 2.24) is 9.97 Å². The third-order valence-corrected chi connectivity index (χ3v) is 2.34. The van der Waals surface area contributed by atoms with Gasteiger partial charge in [0.1, 0.15) is 0 Å². The first-order valence-electron chi connectivity index (χ1n) is 4.66. The van der Waals surface area contributed by atoms with Gasteiger partial charge in [0.05, 0.1) is 12.1 Å². The van der Waals surface area contributed by atoms with E-state index >= 15 is 0 Å². The summed E-state index contributed by atoms with van der Waals surface area (Å²) in [6.07, 6.45) is 2.00. The fourth-order valence-electron chi connectivity index (χ4n) is 1.50. The van der Waals surface area contributed by atoms with Gasteiger partial charge in [-0.3, -0.25) is 0 Å². The Morgan fingerprint density at radius 3 is 2.50 bits per heavy atom. The van der Waals surface area contributed by atoms with E-state index in [-0.39, 0.29) is 24.5 Å². The van der Waals surface area contributed by atoms with Gasteiger partial charge in [0.25, 0.3) is 5.92 Å². The molecule has 2 heterocycles. The zero-order valence-corrected chi connectivity index (χ0v) is 8.23. The molecule has 1 aromatic rings. The van der Waals surface area contributed by atoms with Gasteiger partial charge in [0.15, 0.2) is 0 Å². The van der Waals surface area contributed by atoms with Crippen molar-refractivity contribution < 1.29 is 18.7 Å². The number of nitrogens with zero attached hydrogens (tertiary/aromatic N) is 3. The summed E-state index contributed by atoms with van der Waals surface area (Å²) in [6.45, 7) is -0.237. The van der Waals surface area contributed by atoms with E-state index < -0.39 is 18.4 Å². The van der Waals surface area contributed by atoms with E-state index in [0.29, 0.717) is 0 Å². The van der Waals surface area contributed by atoms with E-state index in [2.05, 4.69) is 9.97 Å². The highest BCUT2D eigenvalue weighted by Crippen LogP contribution is 2.28. The number of hydrogen-bond acceptors (Lipinski definition) is 4. The molecule has 1 saturated heterocycles. The molecule has 0 bridgehead atoms. The Morgan fingerprint density at radius 2 is 2.06 bits per heavy atom. The second-order valence-corrected chi connectivity index (χ2v) is 3.60. The Morgan fingerprint density at radius 1 is 1.44 bits per heavy atom. The van der Waals surface area contributed by atoms with Gasteiger partial charge >= 0.3 is 5.97 Å². The molecule has 16 heavy (non-hydrogen) atoms. The van der Waals surface area contributed by atoms with Gasteiger partial charge in [-0.05, 0) is 0 Å². The predicted octanol–water partition coefficient (Wildman–Crippen LogP) is 1.02. The Kier molecular flexibility index (Phi) is 2.45. The maximum atomic E-state index is 12.9. The van der Waals surface area contributed by atoms with Crippen LogP contribution >= 0.6 is 0 Å². The zero-order valence-electron chi connectivity index (χ0n) is 8.23. The molecule has 86 valence electrons. The van der Waals surface area contributed by atoms with Crippen molar-refractivity contribution in [3.8, 4) is 0 Å². The second-order valence-electron chi connectivity index (χ2n) is 3.60. The maximum Gasteiger partial charge on any atom is 0.338 e. The highest BCUT2D eigenvalue weighted by molar-refractivity contribution is 5.86. The lowest BCUT2D eigenvalue weighted by Crippen LogP contribution is -2.26. The van der Waals surface area contributed by atoms with Crippen molar-refractivity contribution in [1.29, 1.82) is 0 Å². The minimum atomic E-state index is -2.71. The van der Waals surface area contributed by atoms with Crippen LogP contribution in [0.15, 0.2) is 12.4 Å². The molecule has 0 amide bonds. The van der Waals surface area contributed by atoms with Gasteiger partial charge in [-0.25, -0.2) is 23.5 Å². The van der Waals surface area contributed by atoms with Gasteiger partial charge in [-0.15, -0.1) is 0 Å². The molecule has 0 saturated carbocycles. The second kappa shape index (κ2) is 3.66. The SMILES string of the molecule is O=C(O)c1cnc(N2CCC(F)(F)C2)nc1. The molecule has 7 heteroatoms. The van der Waals surface area contributed by atoms with Crippen LogP contribution in [0.4, 0.5) is 14.7 Å². The summed E-state index contributed by atoms with van der Waals surface area (Å²) >= 11 is 0. The Labute approximate surface area is 89.7 Å². The quantitative estimate of drug-likeness (QED) is 0.820. The molecular weight excluding hydrogens is 220 g/mol. The van der Waals surface area contributed by atoms with Crippen molar-refractivity contribution in [2.45, 2.75) is 12.3 Å². The molecule has 1 fully saturated rings. The zero-order chi connectivity index (χ0) is 11.8. The summed E-state index contributed by atoms with van der Waals surface area (Å²) in [5.74, 6) is -3.71. The van der Waals surface area contributed by atoms with E-state index in [4.69, 9.17) is 5.11 Å². The number of rotatable bonds is 2. The van der Waals surface area contributed by atoms with E-state index in [1.54, 1.807) is 0 Å². The average Bonchev–Trinajstić information content (AvgIpc) is 2.59. The van der Waals surface area contributed by atoms with Crippen LogP contribution in [0, 0.1) is 0 Å². The van der Waals surface area contributed by atoms with Crippen LogP contribution in [-0.2, 0) is 0 Å². The minimum absolute atomic E-state index is 0.0605. The van der Waals surface area contributed by atoms with Crippen molar-refractivity contribution in [3.63, 3.8) is 0 Å². The van der Waals surface area contributed by atoms with Crippen LogP contribution in [-0.4, -0.2) is 40.1 Å². The van der Waals surface area contributed by atoms with Crippen LogP contribution in [0.3, 0.4) is 0 Å². The van der Waals surface area contributed by atoms with Gasteiger partial charge in [-0.1, -0.05) is 0 Å². The van der Waals surface area contributed by atoms with Crippen LogP contribution in [0.1, 0.15) is 16.8 Å². The monoisotopic (exact) mass is 229 g/mol. The van der Waals surface area contributed by atoms with E-state index in [1.165, 1.54) is 4.90 Å². The third-order valence-electron chi connectivity index (χ3n) is 2.34. The standard InChI is InChI=1S/C9H9F2N3O2/c10-9(11)1-2-14(5-9)8-12-3-6(4-13-8)7(15)16/h3-4H,1-2,5H2,(H,15,16). The van der Waals surface area contributed by atoms with Crippen LogP contribution in [0.2, 0.25) is 0 Å². The highest BCUT2D eigenvalue weighted by atomic mass is 19.3. The van der Waals surface area contributed by atoms with Crippen molar-refractivity contribution in [2.24, 2.45) is 0 Å². The number of alkyl halides is 2. The molecular formula is C9H9F2N3O2. The Bertz CT molecular complexity index is 408. The first kappa shape index (κ1) is 10.7. The number of carbonyl (C=O) groups is 1. The van der Waals surface area contributed by atoms with E-state index in [0.717, 1.165) is 12.4 Å². The first-order valence-corrected chi connectivity index (χ1v) is 4.66. The molecule has 0 radical (unpaired) electrons. The van der Waals surface area contributed by atoms with Crippen molar-refractivity contribution in [3.05, 3.63) is 18.0 Å². The van der Waals surface area contributed by atoms with Gasteiger partial charge in [0, 0.05) is 25.4 Å². The largest absolute Gasteiger partial charge is 0.478 e. The van der Waals surface area contributed by atoms with Crippen LogP contribution < -0.4 is 4.90 Å². The third kappa shape index (κ3) is 2.07. The molecule has 0 atom stereocenters. The molecule has 1 aliphatic rings. The summed E-state index contributed by atoms with van der Waals surface area (Å²) in [6, 6.07) is 0. The van der Waals surface area contributed by atoms with Gasteiger partial charge in [-0.2, -0.15) is 0 Å². The number of carboxylic acid groups (broad SMARTS) is 1. The van der Waals surface area contributed by atoms with Crippen LogP contribution in [0.25, 0.3) is 0 Å². The topological polar surface area (TPSA) is 66.3 Å². The smallest absolute Gasteiger partial charge is 0.338 e. The lowest BCUT2D eigenvalue weighted by molar-refractivity contribution is 0.0256. The molecule has 1 aromatic heterocycles. The summed E-state index contributed by atoms with van der Waals surface area (Å²) < 4.78 is 25.8. The lowest BCUT2D eigenvalue weighted by atomic mass is 10.3. The molecule has 0 unspecified atom stereocenters. The normalized spacial score (nSPS) is 18.8. The number of anilines is 1. The summed E-state index contributed by atoms with van der Waals surface area (Å²) in [4.78, 5) is 19.4. The van der Waals surface area contributed by atoms with Crippen molar-refractivity contribution >= 4 is 11.9 Å². The summed E-state index contributed by atoms with van der Waals surface area (Å²) in [7, 11) is 0. The summed E-state index contributed by atoms with van der Waals surface area (Å²) in [5, 5.41) is 8.61. The fourth-order valence-corrected chi connectivity index (χ4v) is 1.50. The average molecular weight is 229 g/mol. The maximum absolute atomic E-state index is 12.9. The number of carboxylic acids is 1. The van der Waals surface area contributed by atoms with Gasteiger partial charge in [0.2, 0.25) is 5.95 Å².